The van der Waals surface area contributed by atoms with Gasteiger partial charge in [-0.05, 0) is 37.5 Å². The first-order chi connectivity index (χ1) is 10.7. The van der Waals surface area contributed by atoms with E-state index in [1.54, 1.807) is 19.3 Å². The number of nitrogens with two attached hydrogens (primary N) is 1. The Bertz CT molecular complexity index is 677. The van der Waals surface area contributed by atoms with Crippen LogP contribution in [0.4, 0.5) is 0 Å². The number of benzene rings is 1. The van der Waals surface area contributed by atoms with Crippen LogP contribution in [-0.4, -0.2) is 23.9 Å². The van der Waals surface area contributed by atoms with Crippen LogP contribution >= 0.6 is 0 Å². The fourth-order valence-corrected chi connectivity index (χ4v) is 2.39. The van der Waals surface area contributed by atoms with Crippen LogP contribution < -0.4 is 15.2 Å². The van der Waals surface area contributed by atoms with Crippen LogP contribution in [0.5, 0.6) is 11.5 Å². The molecule has 6 heteroatoms. The Morgan fingerprint density at radius 1 is 1.41 bits per heavy atom. The highest BCUT2D eigenvalue weighted by Gasteiger charge is 2.39. The first kappa shape index (κ1) is 14.6. The summed E-state index contributed by atoms with van der Waals surface area (Å²) in [7, 11) is 1.59. The average molecular weight is 301 g/mol. The Labute approximate surface area is 128 Å². The molecular weight excluding hydrogens is 282 g/mol. The minimum Gasteiger partial charge on any atom is -0.493 e. The molecule has 0 bridgehead atoms. The van der Waals surface area contributed by atoms with Crippen molar-refractivity contribution < 1.29 is 14.0 Å². The fraction of sp³-hybridized carbons (Fsp3) is 0.375. The van der Waals surface area contributed by atoms with Crippen molar-refractivity contribution in [3.63, 3.8) is 0 Å². The van der Waals surface area contributed by atoms with E-state index in [4.69, 9.17) is 19.7 Å². The van der Waals surface area contributed by atoms with Crippen molar-refractivity contribution >= 4 is 0 Å². The standard InChI is InChI=1S/C16H19N3O3/c1-3-9-21-12-6-5-11(10-13(12)20-2)14-18-15(19-22-14)16(17)7-4-8-16/h3,5-6,10H,1,4,7-9,17H2,2H3. The molecule has 22 heavy (non-hydrogen) atoms. The molecule has 116 valence electrons. The fourth-order valence-electron chi connectivity index (χ4n) is 2.39. The quantitative estimate of drug-likeness (QED) is 0.826. The molecule has 1 fully saturated rings. The summed E-state index contributed by atoms with van der Waals surface area (Å²) in [5.74, 6) is 2.24. The van der Waals surface area contributed by atoms with Gasteiger partial charge in [0.05, 0.1) is 12.6 Å². The lowest BCUT2D eigenvalue weighted by atomic mass is 9.77. The van der Waals surface area contributed by atoms with Gasteiger partial charge in [-0.1, -0.05) is 17.8 Å². The van der Waals surface area contributed by atoms with Gasteiger partial charge in [0.1, 0.15) is 6.61 Å². The van der Waals surface area contributed by atoms with E-state index < -0.39 is 5.54 Å². The van der Waals surface area contributed by atoms with Gasteiger partial charge in [0.15, 0.2) is 17.3 Å². The third kappa shape index (κ3) is 2.57. The van der Waals surface area contributed by atoms with Gasteiger partial charge in [0.2, 0.25) is 0 Å². The number of methoxy groups -OCH3 is 1. The summed E-state index contributed by atoms with van der Waals surface area (Å²) in [5, 5.41) is 4.02. The molecule has 2 N–H and O–H groups in total. The van der Waals surface area contributed by atoms with E-state index in [1.165, 1.54) is 0 Å². The van der Waals surface area contributed by atoms with Gasteiger partial charge < -0.3 is 19.7 Å². The normalized spacial score (nSPS) is 15.9. The summed E-state index contributed by atoms with van der Waals surface area (Å²) >= 11 is 0. The van der Waals surface area contributed by atoms with Crippen molar-refractivity contribution in [2.24, 2.45) is 5.73 Å². The second-order valence-electron chi connectivity index (χ2n) is 5.40. The average Bonchev–Trinajstić information content (AvgIpc) is 3.00. The number of hydrogen-bond donors (Lipinski definition) is 1. The maximum absolute atomic E-state index is 6.21. The number of ether oxygens (including phenoxy) is 2. The van der Waals surface area contributed by atoms with Crippen LogP contribution in [0.2, 0.25) is 0 Å². The van der Waals surface area contributed by atoms with Gasteiger partial charge in [-0.15, -0.1) is 0 Å². The van der Waals surface area contributed by atoms with Crippen LogP contribution in [0.3, 0.4) is 0 Å². The Balaban J connectivity index is 1.87. The lowest BCUT2D eigenvalue weighted by molar-refractivity contribution is 0.229. The SMILES string of the molecule is C=CCOc1ccc(-c2nc(C3(N)CCC3)no2)cc1OC. The molecule has 1 aromatic carbocycles. The van der Waals surface area contributed by atoms with Gasteiger partial charge >= 0.3 is 0 Å². The molecule has 0 saturated heterocycles. The van der Waals surface area contributed by atoms with E-state index in [0.717, 1.165) is 24.8 Å². The van der Waals surface area contributed by atoms with Gasteiger partial charge in [0.25, 0.3) is 5.89 Å². The minimum atomic E-state index is -0.432. The van der Waals surface area contributed by atoms with E-state index >= 15 is 0 Å². The number of aromatic nitrogens is 2. The van der Waals surface area contributed by atoms with Gasteiger partial charge in [-0.2, -0.15) is 4.98 Å². The number of rotatable bonds is 6. The van der Waals surface area contributed by atoms with Crippen LogP contribution in [0.25, 0.3) is 11.5 Å². The van der Waals surface area contributed by atoms with Gasteiger partial charge in [0, 0.05) is 5.56 Å². The van der Waals surface area contributed by atoms with Crippen LogP contribution in [0, 0.1) is 0 Å². The molecule has 1 aliphatic rings. The summed E-state index contributed by atoms with van der Waals surface area (Å²) in [5.41, 5.74) is 6.55. The minimum absolute atomic E-state index is 0.413. The van der Waals surface area contributed by atoms with E-state index in [0.29, 0.717) is 29.8 Å². The van der Waals surface area contributed by atoms with E-state index in [-0.39, 0.29) is 0 Å². The van der Waals surface area contributed by atoms with Crippen molar-refractivity contribution in [3.8, 4) is 23.0 Å². The third-order valence-corrected chi connectivity index (χ3v) is 3.88. The summed E-state index contributed by atoms with van der Waals surface area (Å²) in [6.45, 7) is 4.04. The van der Waals surface area contributed by atoms with Crippen LogP contribution in [0.15, 0.2) is 35.4 Å². The van der Waals surface area contributed by atoms with Crippen molar-refractivity contribution in [2.75, 3.05) is 13.7 Å². The maximum Gasteiger partial charge on any atom is 0.258 e. The monoisotopic (exact) mass is 301 g/mol. The molecule has 6 nitrogen and oxygen atoms in total. The van der Waals surface area contributed by atoms with E-state index in [1.807, 2.05) is 12.1 Å². The Hall–Kier alpha value is -2.34. The van der Waals surface area contributed by atoms with E-state index in [9.17, 15) is 0 Å². The summed E-state index contributed by atoms with van der Waals surface area (Å²) in [6.07, 6.45) is 4.56. The number of hydrogen-bond acceptors (Lipinski definition) is 6. The van der Waals surface area contributed by atoms with Crippen molar-refractivity contribution in [2.45, 2.75) is 24.8 Å². The molecule has 1 heterocycles. The second-order valence-corrected chi connectivity index (χ2v) is 5.40. The molecule has 0 aliphatic heterocycles. The molecule has 0 spiro atoms. The zero-order chi connectivity index (χ0) is 15.6. The zero-order valence-electron chi connectivity index (χ0n) is 12.5. The molecule has 0 atom stereocenters. The van der Waals surface area contributed by atoms with Crippen LogP contribution in [0.1, 0.15) is 25.1 Å². The lowest BCUT2D eigenvalue weighted by Gasteiger charge is -2.34. The molecule has 1 aliphatic carbocycles. The molecule has 2 aromatic rings. The molecule has 0 radical (unpaired) electrons. The first-order valence-corrected chi connectivity index (χ1v) is 7.21. The third-order valence-electron chi connectivity index (χ3n) is 3.88. The Morgan fingerprint density at radius 2 is 2.23 bits per heavy atom. The first-order valence-electron chi connectivity index (χ1n) is 7.21. The summed E-state index contributed by atoms with van der Waals surface area (Å²) in [4.78, 5) is 4.43. The molecular formula is C16H19N3O3. The Kier molecular flexibility index (Phi) is 3.85. The highest BCUT2D eigenvalue weighted by Crippen LogP contribution is 2.38. The van der Waals surface area contributed by atoms with Crippen molar-refractivity contribution in [1.82, 2.24) is 10.1 Å². The van der Waals surface area contributed by atoms with Crippen molar-refractivity contribution in [1.29, 1.82) is 0 Å². The van der Waals surface area contributed by atoms with Gasteiger partial charge in [-0.3, -0.25) is 0 Å². The molecule has 3 rings (SSSR count). The topological polar surface area (TPSA) is 83.4 Å². The smallest absolute Gasteiger partial charge is 0.258 e. The van der Waals surface area contributed by atoms with Crippen LogP contribution in [-0.2, 0) is 5.54 Å². The largest absolute Gasteiger partial charge is 0.493 e. The highest BCUT2D eigenvalue weighted by molar-refractivity contribution is 5.59. The Morgan fingerprint density at radius 3 is 2.86 bits per heavy atom. The zero-order valence-corrected chi connectivity index (χ0v) is 12.5. The summed E-state index contributed by atoms with van der Waals surface area (Å²) < 4.78 is 16.2. The second kappa shape index (κ2) is 5.81. The predicted octanol–water partition coefficient (Wildman–Crippen LogP) is 2.65. The molecule has 0 unspecified atom stereocenters. The van der Waals surface area contributed by atoms with Crippen molar-refractivity contribution in [3.05, 3.63) is 36.7 Å². The van der Waals surface area contributed by atoms with Gasteiger partial charge in [-0.25, -0.2) is 0 Å². The maximum atomic E-state index is 6.21. The predicted molar refractivity (Wildman–Crippen MR) is 81.7 cm³/mol. The number of nitrogens with zero attached hydrogens (tertiary/aromatic N) is 2. The molecule has 0 amide bonds. The molecule has 1 saturated carbocycles. The highest BCUT2D eigenvalue weighted by atomic mass is 16.5. The lowest BCUT2D eigenvalue weighted by Crippen LogP contribution is -2.44. The summed E-state index contributed by atoms with van der Waals surface area (Å²) in [6, 6.07) is 5.46. The van der Waals surface area contributed by atoms with E-state index in [2.05, 4.69) is 16.7 Å². The molecule has 1 aromatic heterocycles.